The molecule has 0 spiro atoms. The molecular formula is C21H24N4O5. The third-order valence-electron chi connectivity index (χ3n) is 5.55. The number of hydrogen-bond donors (Lipinski definition) is 1. The smallest absolute Gasteiger partial charge is 0.325 e. The van der Waals surface area contributed by atoms with Crippen molar-refractivity contribution in [1.82, 2.24) is 14.8 Å². The molecule has 158 valence electrons. The van der Waals surface area contributed by atoms with Gasteiger partial charge in [0.05, 0.1) is 11.5 Å². The van der Waals surface area contributed by atoms with E-state index in [1.807, 2.05) is 25.3 Å². The first-order valence-corrected chi connectivity index (χ1v) is 9.69. The number of rotatable bonds is 7. The van der Waals surface area contributed by atoms with Crippen LogP contribution in [0.3, 0.4) is 0 Å². The van der Waals surface area contributed by atoms with E-state index in [-0.39, 0.29) is 18.0 Å². The van der Waals surface area contributed by atoms with Crippen LogP contribution < -0.4 is 5.32 Å². The lowest BCUT2D eigenvalue weighted by molar-refractivity contribution is -0.384. The summed E-state index contributed by atoms with van der Waals surface area (Å²) in [6.07, 6.45) is 0.921. The van der Waals surface area contributed by atoms with E-state index >= 15 is 0 Å². The maximum Gasteiger partial charge on any atom is 0.325 e. The van der Waals surface area contributed by atoms with Gasteiger partial charge in [-0.05, 0) is 51.0 Å². The molecule has 0 unspecified atom stereocenters. The molecule has 9 nitrogen and oxygen atoms in total. The molecule has 0 bridgehead atoms. The monoisotopic (exact) mass is 412 g/mol. The number of carbonyl (C=O) groups excluding carboxylic acids is 3. The molecule has 3 amide bonds. The third kappa shape index (κ3) is 3.47. The summed E-state index contributed by atoms with van der Waals surface area (Å²) in [5.74, 6) is -0.890. The number of nitro groups is 1. The molecule has 1 fully saturated rings. The number of nitro benzene ring substituents is 1. The van der Waals surface area contributed by atoms with Crippen molar-refractivity contribution in [2.45, 2.75) is 46.2 Å². The maximum absolute atomic E-state index is 13.0. The van der Waals surface area contributed by atoms with E-state index < -0.39 is 22.4 Å². The minimum absolute atomic E-state index is 0.117. The quantitative estimate of drug-likeness (QED) is 0.325. The van der Waals surface area contributed by atoms with E-state index in [9.17, 15) is 24.5 Å². The molecular weight excluding hydrogens is 388 g/mol. The topological polar surface area (TPSA) is 115 Å². The van der Waals surface area contributed by atoms with E-state index in [1.165, 1.54) is 31.2 Å². The van der Waals surface area contributed by atoms with Crippen molar-refractivity contribution in [1.29, 1.82) is 0 Å². The zero-order valence-electron chi connectivity index (χ0n) is 17.4. The fraction of sp³-hybridized carbons (Fsp3) is 0.381. The van der Waals surface area contributed by atoms with Crippen LogP contribution >= 0.6 is 0 Å². The van der Waals surface area contributed by atoms with Gasteiger partial charge in [-0.1, -0.05) is 6.92 Å². The molecule has 1 aliphatic heterocycles. The molecule has 1 saturated heterocycles. The summed E-state index contributed by atoms with van der Waals surface area (Å²) in [4.78, 5) is 49.6. The Morgan fingerprint density at radius 1 is 1.20 bits per heavy atom. The number of aryl methyl sites for hydroxylation is 1. The number of carbonyl (C=O) groups is 3. The average molecular weight is 412 g/mol. The van der Waals surface area contributed by atoms with Crippen LogP contribution in [0.5, 0.6) is 0 Å². The van der Waals surface area contributed by atoms with Gasteiger partial charge in [-0.2, -0.15) is 0 Å². The molecule has 30 heavy (non-hydrogen) atoms. The summed E-state index contributed by atoms with van der Waals surface area (Å²) in [5, 5.41) is 13.5. The molecule has 9 heteroatoms. The average Bonchev–Trinajstić information content (AvgIpc) is 3.11. The van der Waals surface area contributed by atoms with Gasteiger partial charge in [0, 0.05) is 35.6 Å². The number of nitrogens with zero attached hydrogens (tertiary/aromatic N) is 3. The Kier molecular flexibility index (Phi) is 5.47. The molecule has 2 heterocycles. The number of non-ortho nitro benzene ring substituents is 1. The lowest BCUT2D eigenvalue weighted by Crippen LogP contribution is -2.41. The molecule has 1 aromatic heterocycles. The van der Waals surface area contributed by atoms with Gasteiger partial charge in [0.1, 0.15) is 5.54 Å². The van der Waals surface area contributed by atoms with Gasteiger partial charge in [-0.15, -0.1) is 0 Å². The van der Waals surface area contributed by atoms with Crippen LogP contribution in [0.15, 0.2) is 30.3 Å². The highest BCUT2D eigenvalue weighted by molar-refractivity contribution is 6.11. The van der Waals surface area contributed by atoms with Gasteiger partial charge < -0.3 is 9.88 Å². The molecule has 3 rings (SSSR count). The molecule has 1 aromatic carbocycles. The predicted molar refractivity (Wildman–Crippen MR) is 109 cm³/mol. The van der Waals surface area contributed by atoms with Gasteiger partial charge in [-0.25, -0.2) is 4.79 Å². The van der Waals surface area contributed by atoms with Gasteiger partial charge in [0.2, 0.25) is 0 Å². The van der Waals surface area contributed by atoms with Crippen LogP contribution in [0.1, 0.15) is 47.6 Å². The van der Waals surface area contributed by atoms with Crippen molar-refractivity contribution in [2.75, 3.05) is 6.54 Å². The lowest BCUT2D eigenvalue weighted by atomic mass is 9.92. The van der Waals surface area contributed by atoms with Crippen LogP contribution in [0.4, 0.5) is 10.5 Å². The first kappa shape index (κ1) is 21.2. The normalized spacial score (nSPS) is 18.6. The van der Waals surface area contributed by atoms with E-state index in [2.05, 4.69) is 5.32 Å². The zero-order chi connectivity index (χ0) is 22.2. The van der Waals surface area contributed by atoms with Crippen molar-refractivity contribution < 1.29 is 19.3 Å². The fourth-order valence-corrected chi connectivity index (χ4v) is 3.83. The summed E-state index contributed by atoms with van der Waals surface area (Å²) in [5.41, 5.74) is 1.14. The zero-order valence-corrected chi connectivity index (χ0v) is 17.4. The van der Waals surface area contributed by atoms with E-state index in [0.717, 1.165) is 29.3 Å². The summed E-state index contributed by atoms with van der Waals surface area (Å²) < 4.78 is 2.04. The number of nitrogens with one attached hydrogen (secondary N) is 1. The highest BCUT2D eigenvalue weighted by Gasteiger charge is 2.49. The second kappa shape index (κ2) is 7.74. The summed E-state index contributed by atoms with van der Waals surface area (Å²) in [6.45, 7) is 7.75. The Morgan fingerprint density at radius 3 is 2.40 bits per heavy atom. The second-order valence-electron chi connectivity index (χ2n) is 7.61. The summed E-state index contributed by atoms with van der Waals surface area (Å²) >= 11 is 0. The predicted octanol–water partition coefficient (Wildman–Crippen LogP) is 3.07. The number of urea groups is 1. The van der Waals surface area contributed by atoms with Crippen LogP contribution in [-0.2, 0) is 16.9 Å². The van der Waals surface area contributed by atoms with Gasteiger partial charge >= 0.3 is 6.03 Å². The van der Waals surface area contributed by atoms with Crippen molar-refractivity contribution in [3.8, 4) is 0 Å². The number of aromatic nitrogens is 1. The molecule has 0 aliphatic carbocycles. The minimum atomic E-state index is -1.40. The molecule has 0 saturated carbocycles. The first-order valence-electron chi connectivity index (χ1n) is 9.69. The Morgan fingerprint density at radius 2 is 1.83 bits per heavy atom. The number of hydrogen-bond acceptors (Lipinski definition) is 5. The Bertz CT molecular complexity index is 1040. The van der Waals surface area contributed by atoms with Crippen LogP contribution in [0, 0.1) is 24.0 Å². The lowest BCUT2D eigenvalue weighted by Gasteiger charge is -2.22. The van der Waals surface area contributed by atoms with Crippen LogP contribution in [-0.4, -0.2) is 38.7 Å². The number of ketones is 1. The number of amides is 3. The first-order chi connectivity index (χ1) is 14.1. The molecule has 1 atom stereocenters. The second-order valence-corrected chi connectivity index (χ2v) is 7.61. The van der Waals surface area contributed by atoms with Crippen molar-refractivity contribution >= 4 is 23.4 Å². The van der Waals surface area contributed by atoms with Crippen molar-refractivity contribution in [3.63, 3.8) is 0 Å². The summed E-state index contributed by atoms with van der Waals surface area (Å²) in [6, 6.07) is 6.52. The largest absolute Gasteiger partial charge is 0.348 e. The van der Waals surface area contributed by atoms with Crippen LogP contribution in [0.2, 0.25) is 0 Å². The SMILES string of the molecule is CCCn1c(C)cc(C(=O)CN2C(=O)N[C@@](C)(c3ccc([N+](=O)[O-])cc3)C2=O)c1C. The van der Waals surface area contributed by atoms with Crippen LogP contribution in [0.25, 0.3) is 0 Å². The number of benzene rings is 1. The third-order valence-corrected chi connectivity index (χ3v) is 5.55. The Balaban J connectivity index is 1.84. The van der Waals surface area contributed by atoms with E-state index in [1.54, 1.807) is 6.07 Å². The Labute approximate surface area is 173 Å². The number of imide groups is 1. The van der Waals surface area contributed by atoms with Gasteiger partial charge in [0.15, 0.2) is 5.78 Å². The van der Waals surface area contributed by atoms with Gasteiger partial charge in [-0.3, -0.25) is 24.6 Å². The standard InChI is InChI=1S/C21H24N4O5/c1-5-10-23-13(2)11-17(14(23)3)18(26)12-24-19(27)21(4,22-20(24)28)15-6-8-16(9-7-15)25(29)30/h6-9,11H,5,10,12H2,1-4H3,(H,22,28)/t21-/m0/s1. The summed E-state index contributed by atoms with van der Waals surface area (Å²) in [7, 11) is 0. The fourth-order valence-electron chi connectivity index (χ4n) is 3.83. The van der Waals surface area contributed by atoms with Gasteiger partial charge in [0.25, 0.3) is 11.6 Å². The van der Waals surface area contributed by atoms with E-state index in [4.69, 9.17) is 0 Å². The molecule has 1 N–H and O–H groups in total. The molecule has 0 radical (unpaired) electrons. The van der Waals surface area contributed by atoms with Crippen molar-refractivity contribution in [3.05, 3.63) is 63.0 Å². The number of Topliss-reactive ketones (excluding diaryl/α,β-unsaturated/α-hetero) is 1. The van der Waals surface area contributed by atoms with E-state index in [0.29, 0.717) is 11.1 Å². The highest BCUT2D eigenvalue weighted by atomic mass is 16.6. The highest BCUT2D eigenvalue weighted by Crippen LogP contribution is 2.30. The molecule has 2 aromatic rings. The van der Waals surface area contributed by atoms with Crippen molar-refractivity contribution in [2.24, 2.45) is 0 Å². The Hall–Kier alpha value is -3.49. The minimum Gasteiger partial charge on any atom is -0.348 e. The molecule has 1 aliphatic rings. The maximum atomic E-state index is 13.0.